The highest BCUT2D eigenvalue weighted by Crippen LogP contribution is 2.60. The number of nitrogens with zero attached hydrogens (tertiary/aromatic N) is 2. The minimum atomic E-state index is -1.12. The highest BCUT2D eigenvalue weighted by atomic mass is 79.9. The molecule has 2 amide bonds. The largest absolute Gasteiger partial charge is 0.456 e. The number of amides is 2. The molecule has 3 aliphatic rings. The minimum absolute atomic E-state index is 0.00880. The number of ketones is 1. The predicted octanol–water partition coefficient (Wildman–Crippen LogP) is 4.73. The summed E-state index contributed by atoms with van der Waals surface area (Å²) < 4.78 is 10.6. The van der Waals surface area contributed by atoms with Crippen LogP contribution in [0.5, 0.6) is 5.75 Å². The van der Waals surface area contributed by atoms with Crippen LogP contribution in [0.3, 0.4) is 0 Å². The number of nitro groups is 1. The molecule has 2 aliphatic carbocycles. The van der Waals surface area contributed by atoms with Crippen molar-refractivity contribution in [1.29, 1.82) is 0 Å². The van der Waals surface area contributed by atoms with E-state index >= 15 is 0 Å². The summed E-state index contributed by atoms with van der Waals surface area (Å²) in [6.07, 6.45) is 0.985. The highest BCUT2D eigenvalue weighted by Gasteiger charge is 2.67. The van der Waals surface area contributed by atoms with E-state index in [0.29, 0.717) is 0 Å². The Bertz CT molecular complexity index is 1450. The third kappa shape index (κ3) is 5.88. The maximum atomic E-state index is 13.5. The second kappa shape index (κ2) is 12.3. The van der Waals surface area contributed by atoms with Crippen molar-refractivity contribution in [2.45, 2.75) is 42.4 Å². The SMILES string of the molecule is CC(C)CC(C(=O)OCC(=O)c1ccc(OC(=O)c2ccc([N+](=O)[O-])cc2)cc1)N1C(=O)C2C3CC(C(Br)C3Br)C2C1=O. The maximum Gasteiger partial charge on any atom is 0.343 e. The van der Waals surface area contributed by atoms with Gasteiger partial charge in [-0.15, -0.1) is 0 Å². The van der Waals surface area contributed by atoms with Crippen LogP contribution < -0.4 is 4.74 Å². The smallest absolute Gasteiger partial charge is 0.343 e. The van der Waals surface area contributed by atoms with Gasteiger partial charge in [0.05, 0.1) is 22.3 Å². The first kappa shape index (κ1) is 31.0. The Labute approximate surface area is 263 Å². The number of carbonyl (C=O) groups excluding carboxylic acids is 5. The summed E-state index contributed by atoms with van der Waals surface area (Å²) in [4.78, 5) is 76.8. The molecule has 11 nitrogen and oxygen atoms in total. The number of imide groups is 1. The van der Waals surface area contributed by atoms with Crippen molar-refractivity contribution in [3.8, 4) is 5.75 Å². The van der Waals surface area contributed by atoms with E-state index in [2.05, 4.69) is 31.9 Å². The number of halogens is 2. The zero-order chi connectivity index (χ0) is 31.2. The lowest BCUT2D eigenvalue weighted by molar-refractivity contribution is -0.384. The number of benzene rings is 2. The van der Waals surface area contributed by atoms with Crippen LogP contribution in [-0.4, -0.2) is 61.7 Å². The molecule has 0 spiro atoms. The normalized spacial score (nSPS) is 26.4. The quantitative estimate of drug-likeness (QED) is 0.0646. The second-order valence-corrected chi connectivity index (χ2v) is 13.6. The number of non-ortho nitro benzene ring substituents is 1. The van der Waals surface area contributed by atoms with E-state index in [4.69, 9.17) is 9.47 Å². The van der Waals surface area contributed by atoms with Crippen molar-refractivity contribution >= 4 is 67.1 Å². The Balaban J connectivity index is 1.20. The topological polar surface area (TPSA) is 150 Å². The number of fused-ring (bicyclic) bond motifs is 5. The van der Waals surface area contributed by atoms with Crippen molar-refractivity contribution < 1.29 is 38.4 Å². The lowest BCUT2D eigenvalue weighted by atomic mass is 9.81. The van der Waals surface area contributed by atoms with Gasteiger partial charge in [-0.2, -0.15) is 0 Å². The molecule has 0 radical (unpaired) electrons. The van der Waals surface area contributed by atoms with Gasteiger partial charge in [0.2, 0.25) is 11.8 Å². The summed E-state index contributed by atoms with van der Waals surface area (Å²) in [6, 6.07) is 9.39. The molecule has 2 aromatic carbocycles. The van der Waals surface area contributed by atoms with Gasteiger partial charge in [0.15, 0.2) is 12.4 Å². The third-order valence-corrected chi connectivity index (χ3v) is 11.6. The Morgan fingerprint density at radius 2 is 1.47 bits per heavy atom. The summed E-state index contributed by atoms with van der Waals surface area (Å²) in [5.74, 6) is -3.57. The van der Waals surface area contributed by atoms with Gasteiger partial charge in [-0.3, -0.25) is 29.4 Å². The fourth-order valence-electron chi connectivity index (χ4n) is 6.34. The Hall–Kier alpha value is -3.45. The molecule has 0 aromatic heterocycles. The number of alkyl halides is 2. The molecule has 13 heteroatoms. The van der Waals surface area contributed by atoms with Gasteiger partial charge in [0.1, 0.15) is 11.8 Å². The first-order chi connectivity index (χ1) is 20.4. The molecule has 1 heterocycles. The lowest BCUT2D eigenvalue weighted by Gasteiger charge is -2.28. The number of ether oxygens (including phenoxy) is 2. The monoisotopic (exact) mass is 718 g/mol. The molecule has 226 valence electrons. The molecular weight excluding hydrogens is 692 g/mol. The van der Waals surface area contributed by atoms with Crippen LogP contribution in [-0.2, 0) is 19.1 Å². The molecule has 7 unspecified atom stereocenters. The average molecular weight is 720 g/mol. The number of nitro benzene ring substituents is 1. The summed E-state index contributed by atoms with van der Waals surface area (Å²) in [5.41, 5.74) is 0.137. The number of hydrogen-bond donors (Lipinski definition) is 0. The average Bonchev–Trinajstić information content (AvgIpc) is 3.59. The Morgan fingerprint density at radius 1 is 0.930 bits per heavy atom. The van der Waals surface area contributed by atoms with E-state index in [1.54, 1.807) is 0 Å². The molecule has 0 N–H and O–H groups in total. The zero-order valence-corrected chi connectivity index (χ0v) is 26.4. The molecule has 2 aromatic rings. The maximum absolute atomic E-state index is 13.5. The van der Waals surface area contributed by atoms with Gasteiger partial charge in [0.25, 0.3) is 5.69 Å². The molecule has 5 rings (SSSR count). The highest BCUT2D eigenvalue weighted by molar-refractivity contribution is 9.12. The van der Waals surface area contributed by atoms with E-state index in [9.17, 15) is 34.1 Å². The van der Waals surface area contributed by atoms with Crippen molar-refractivity contribution in [2.24, 2.45) is 29.6 Å². The van der Waals surface area contributed by atoms with Crippen molar-refractivity contribution in [1.82, 2.24) is 4.90 Å². The van der Waals surface area contributed by atoms with E-state index < -0.39 is 47.1 Å². The van der Waals surface area contributed by atoms with E-state index in [-0.39, 0.29) is 68.2 Å². The van der Waals surface area contributed by atoms with Crippen LogP contribution >= 0.6 is 31.9 Å². The number of Topliss-reactive ketones (excluding diaryl/α,β-unsaturated/α-hetero) is 1. The number of esters is 2. The van der Waals surface area contributed by atoms with Crippen LogP contribution in [0.25, 0.3) is 0 Å². The third-order valence-electron chi connectivity index (χ3n) is 8.35. The van der Waals surface area contributed by atoms with Gasteiger partial charge < -0.3 is 9.47 Å². The molecule has 1 saturated heterocycles. The van der Waals surface area contributed by atoms with Gasteiger partial charge in [-0.1, -0.05) is 45.7 Å². The fourth-order valence-corrected chi connectivity index (χ4v) is 8.22. The molecule has 2 saturated carbocycles. The van der Waals surface area contributed by atoms with Crippen molar-refractivity contribution in [2.75, 3.05) is 6.61 Å². The number of carbonyl (C=O) groups is 5. The van der Waals surface area contributed by atoms with Gasteiger partial charge in [0, 0.05) is 27.4 Å². The summed E-state index contributed by atoms with van der Waals surface area (Å²) in [5, 5.41) is 10.8. The molecule has 7 atom stereocenters. The van der Waals surface area contributed by atoms with Gasteiger partial charge >= 0.3 is 11.9 Å². The molecular formula is C30H28Br2N2O9. The second-order valence-electron chi connectivity index (χ2n) is 11.4. The molecule has 43 heavy (non-hydrogen) atoms. The molecule has 1 aliphatic heterocycles. The summed E-state index contributed by atoms with van der Waals surface area (Å²) in [7, 11) is 0. The summed E-state index contributed by atoms with van der Waals surface area (Å²) >= 11 is 7.33. The van der Waals surface area contributed by atoms with Gasteiger partial charge in [-0.25, -0.2) is 9.59 Å². The van der Waals surface area contributed by atoms with Gasteiger partial charge in [-0.05, 0) is 67.0 Å². The standard InChI is InChI=1S/C30H28Br2N2O9/c1-14(2)11-21(33-27(36)23-19-12-20(24(23)28(33)37)26(32)25(19)31)30(39)42-13-22(35)15-5-9-18(10-6-15)43-29(38)16-3-7-17(8-4-16)34(40)41/h3-10,14,19-21,23-26H,11-13H2,1-2H3. The Kier molecular flexibility index (Phi) is 8.85. The van der Waals surface area contributed by atoms with Crippen molar-refractivity contribution in [3.63, 3.8) is 0 Å². The van der Waals surface area contributed by atoms with E-state index in [1.165, 1.54) is 48.5 Å². The van der Waals surface area contributed by atoms with Crippen LogP contribution in [0.1, 0.15) is 47.4 Å². The van der Waals surface area contributed by atoms with Crippen LogP contribution in [0.2, 0.25) is 0 Å². The van der Waals surface area contributed by atoms with E-state index in [1.807, 2.05) is 13.8 Å². The number of likely N-dealkylation sites (tertiary alicyclic amines) is 1. The zero-order valence-electron chi connectivity index (χ0n) is 23.2. The lowest BCUT2D eigenvalue weighted by Crippen LogP contribution is -2.48. The van der Waals surface area contributed by atoms with Crippen LogP contribution in [0.15, 0.2) is 48.5 Å². The minimum Gasteiger partial charge on any atom is -0.456 e. The first-order valence-electron chi connectivity index (χ1n) is 13.8. The van der Waals surface area contributed by atoms with Crippen LogP contribution in [0, 0.1) is 39.7 Å². The fraction of sp³-hybridized carbons (Fsp3) is 0.433. The van der Waals surface area contributed by atoms with E-state index in [0.717, 1.165) is 11.3 Å². The Morgan fingerprint density at radius 3 is 1.98 bits per heavy atom. The first-order valence-corrected chi connectivity index (χ1v) is 15.6. The number of hydrogen-bond acceptors (Lipinski definition) is 9. The van der Waals surface area contributed by atoms with Crippen LogP contribution in [0.4, 0.5) is 5.69 Å². The molecule has 3 fully saturated rings. The molecule has 2 bridgehead atoms. The predicted molar refractivity (Wildman–Crippen MR) is 159 cm³/mol. The number of rotatable bonds is 10. The van der Waals surface area contributed by atoms with Crippen molar-refractivity contribution in [3.05, 3.63) is 69.8 Å². The summed E-state index contributed by atoms with van der Waals surface area (Å²) in [6.45, 7) is 3.15.